The lowest BCUT2D eigenvalue weighted by molar-refractivity contribution is 0.100. The molecule has 0 unspecified atom stereocenters. The molecule has 0 aromatic carbocycles. The van der Waals surface area contributed by atoms with Gasteiger partial charge in [0.25, 0.3) is 0 Å². The number of nitrogens with zero attached hydrogens (tertiary/aromatic N) is 2. The molecule has 1 heterocycles. The number of aryl methyl sites for hydroxylation is 2. The molecule has 0 bridgehead atoms. The van der Waals surface area contributed by atoms with Gasteiger partial charge in [0.05, 0.1) is 18.2 Å². The number of urea groups is 1. The molecule has 138 valence electrons. The van der Waals surface area contributed by atoms with Crippen molar-refractivity contribution >= 4 is 6.03 Å². The largest absolute Gasteiger partial charge is 0.394 e. The fourth-order valence-corrected chi connectivity index (χ4v) is 4.26. The number of aromatic nitrogens is 2. The third-order valence-corrected chi connectivity index (χ3v) is 5.84. The molecule has 0 radical (unpaired) electrons. The Hall–Kier alpha value is -1.69. The zero-order valence-electron chi connectivity index (χ0n) is 15.3. The van der Waals surface area contributed by atoms with Gasteiger partial charge < -0.3 is 15.7 Å². The van der Waals surface area contributed by atoms with E-state index in [1.807, 2.05) is 20.0 Å². The van der Waals surface area contributed by atoms with Crippen molar-refractivity contribution in [1.29, 1.82) is 0 Å². The number of rotatable bonds is 4. The Morgan fingerprint density at radius 3 is 2.76 bits per heavy atom. The number of hydrogen-bond acceptors (Lipinski definition) is 4. The zero-order valence-corrected chi connectivity index (χ0v) is 15.3. The van der Waals surface area contributed by atoms with Crippen LogP contribution in [0.2, 0.25) is 0 Å². The first-order chi connectivity index (χ1) is 12.0. The van der Waals surface area contributed by atoms with Crippen LogP contribution in [-0.4, -0.2) is 33.3 Å². The summed E-state index contributed by atoms with van der Waals surface area (Å²) in [7, 11) is 0. The first kappa shape index (κ1) is 18.1. The molecular formula is C19H30N4O2. The molecular weight excluding hydrogens is 316 g/mol. The number of nitrogens with one attached hydrogen (secondary N) is 2. The van der Waals surface area contributed by atoms with Gasteiger partial charge in [-0.05, 0) is 51.9 Å². The number of aliphatic hydroxyl groups excluding tert-OH is 1. The Labute approximate surface area is 149 Å². The van der Waals surface area contributed by atoms with E-state index in [9.17, 15) is 9.90 Å². The van der Waals surface area contributed by atoms with Gasteiger partial charge in [-0.25, -0.2) is 14.8 Å². The molecule has 0 saturated heterocycles. The summed E-state index contributed by atoms with van der Waals surface area (Å²) in [5, 5.41) is 16.1. The Morgan fingerprint density at radius 1 is 1.28 bits per heavy atom. The standard InChI is InChI=1S/C19H30N4O2/c1-13-20-11-15-16(21-13)9-6-10-17(15)22-18(25)23-19(2,12-24)14-7-4-3-5-8-14/h11,14,17,24H,3-10,12H2,1-2H3,(H2,22,23,25)/t17-,19-/m1/s1. The Bertz CT molecular complexity index is 615. The minimum Gasteiger partial charge on any atom is -0.394 e. The van der Waals surface area contributed by atoms with Crippen molar-refractivity contribution in [2.75, 3.05) is 6.61 Å². The zero-order chi connectivity index (χ0) is 17.9. The first-order valence-corrected chi connectivity index (χ1v) is 9.54. The SMILES string of the molecule is Cc1ncc2c(n1)CCC[C@H]2NC(=O)N[C@](C)(CO)C1CCCCC1. The van der Waals surface area contributed by atoms with Gasteiger partial charge in [0, 0.05) is 17.5 Å². The van der Waals surface area contributed by atoms with Crippen molar-refractivity contribution in [2.24, 2.45) is 5.92 Å². The summed E-state index contributed by atoms with van der Waals surface area (Å²) in [5.41, 5.74) is 1.50. The molecule has 0 spiro atoms. The third-order valence-electron chi connectivity index (χ3n) is 5.84. The van der Waals surface area contributed by atoms with Crippen LogP contribution in [0, 0.1) is 12.8 Å². The summed E-state index contributed by atoms with van der Waals surface area (Å²) in [6.07, 6.45) is 10.4. The number of carbonyl (C=O) groups is 1. The van der Waals surface area contributed by atoms with Crippen LogP contribution < -0.4 is 10.6 Å². The van der Waals surface area contributed by atoms with Crippen molar-refractivity contribution in [3.05, 3.63) is 23.3 Å². The predicted octanol–water partition coefficient (Wildman–Crippen LogP) is 2.79. The number of hydrogen-bond donors (Lipinski definition) is 3. The van der Waals surface area contributed by atoms with Gasteiger partial charge in [-0.3, -0.25) is 0 Å². The van der Waals surface area contributed by atoms with Crippen LogP contribution in [0.1, 0.15) is 75.0 Å². The third kappa shape index (κ3) is 4.11. The normalized spacial score (nSPS) is 23.4. The average Bonchev–Trinajstić information content (AvgIpc) is 2.62. The fraction of sp³-hybridized carbons (Fsp3) is 0.737. The minimum absolute atomic E-state index is 0.0331. The maximum Gasteiger partial charge on any atom is 0.315 e. The molecule has 2 amide bonds. The van der Waals surface area contributed by atoms with Crippen molar-refractivity contribution in [1.82, 2.24) is 20.6 Å². The van der Waals surface area contributed by atoms with E-state index in [1.54, 1.807) is 0 Å². The molecule has 3 rings (SSSR count). The van der Waals surface area contributed by atoms with E-state index in [0.29, 0.717) is 5.92 Å². The lowest BCUT2D eigenvalue weighted by atomic mass is 9.76. The summed E-state index contributed by atoms with van der Waals surface area (Å²) in [6, 6.07) is -0.265. The van der Waals surface area contributed by atoms with Crippen LogP contribution in [-0.2, 0) is 6.42 Å². The topological polar surface area (TPSA) is 87.1 Å². The molecule has 1 saturated carbocycles. The molecule has 6 nitrogen and oxygen atoms in total. The maximum atomic E-state index is 12.6. The van der Waals surface area contributed by atoms with Gasteiger partial charge >= 0.3 is 6.03 Å². The highest BCUT2D eigenvalue weighted by atomic mass is 16.3. The highest BCUT2D eigenvalue weighted by Gasteiger charge is 2.36. The second-order valence-electron chi connectivity index (χ2n) is 7.77. The van der Waals surface area contributed by atoms with Crippen LogP contribution in [0.15, 0.2) is 6.20 Å². The van der Waals surface area contributed by atoms with Crippen molar-refractivity contribution in [3.63, 3.8) is 0 Å². The molecule has 1 aromatic heterocycles. The van der Waals surface area contributed by atoms with E-state index in [2.05, 4.69) is 20.6 Å². The second-order valence-corrected chi connectivity index (χ2v) is 7.77. The first-order valence-electron chi connectivity index (χ1n) is 9.54. The molecule has 2 aliphatic carbocycles. The van der Waals surface area contributed by atoms with Gasteiger partial charge in [-0.1, -0.05) is 19.3 Å². The Morgan fingerprint density at radius 2 is 2.04 bits per heavy atom. The van der Waals surface area contributed by atoms with Crippen LogP contribution in [0.4, 0.5) is 4.79 Å². The molecule has 1 fully saturated rings. The molecule has 6 heteroatoms. The molecule has 3 N–H and O–H groups in total. The van der Waals surface area contributed by atoms with Crippen LogP contribution in [0.5, 0.6) is 0 Å². The quantitative estimate of drug-likeness (QED) is 0.782. The smallest absolute Gasteiger partial charge is 0.315 e. The lowest BCUT2D eigenvalue weighted by Crippen LogP contribution is -2.57. The highest BCUT2D eigenvalue weighted by Crippen LogP contribution is 2.33. The second kappa shape index (κ2) is 7.68. The Kier molecular flexibility index (Phi) is 5.57. The van der Waals surface area contributed by atoms with E-state index in [-0.39, 0.29) is 18.7 Å². The molecule has 25 heavy (non-hydrogen) atoms. The van der Waals surface area contributed by atoms with Gasteiger partial charge in [-0.15, -0.1) is 0 Å². The van der Waals surface area contributed by atoms with E-state index >= 15 is 0 Å². The van der Waals surface area contributed by atoms with Crippen LogP contribution >= 0.6 is 0 Å². The molecule has 1 aromatic rings. The maximum absolute atomic E-state index is 12.6. The summed E-state index contributed by atoms with van der Waals surface area (Å²) in [5.74, 6) is 1.11. The van der Waals surface area contributed by atoms with E-state index in [1.165, 1.54) is 19.3 Å². The van der Waals surface area contributed by atoms with Crippen molar-refractivity contribution in [3.8, 4) is 0 Å². The number of aliphatic hydroxyl groups is 1. The van der Waals surface area contributed by atoms with Gasteiger partial charge in [-0.2, -0.15) is 0 Å². The highest BCUT2D eigenvalue weighted by molar-refractivity contribution is 5.75. The monoisotopic (exact) mass is 346 g/mol. The van der Waals surface area contributed by atoms with Gasteiger partial charge in [0.15, 0.2) is 0 Å². The van der Waals surface area contributed by atoms with Gasteiger partial charge in [0.1, 0.15) is 5.82 Å². The molecule has 2 atom stereocenters. The summed E-state index contributed by atoms with van der Waals surface area (Å²) in [4.78, 5) is 21.4. The molecule has 0 aliphatic heterocycles. The fourth-order valence-electron chi connectivity index (χ4n) is 4.26. The molecule has 2 aliphatic rings. The Balaban J connectivity index is 1.66. The van der Waals surface area contributed by atoms with E-state index < -0.39 is 5.54 Å². The number of fused-ring (bicyclic) bond motifs is 1. The van der Waals surface area contributed by atoms with Crippen LogP contribution in [0.3, 0.4) is 0 Å². The van der Waals surface area contributed by atoms with Crippen molar-refractivity contribution in [2.45, 2.75) is 76.8 Å². The summed E-state index contributed by atoms with van der Waals surface area (Å²) < 4.78 is 0. The minimum atomic E-state index is -0.564. The summed E-state index contributed by atoms with van der Waals surface area (Å²) in [6.45, 7) is 3.82. The average molecular weight is 346 g/mol. The van der Waals surface area contributed by atoms with Crippen molar-refractivity contribution < 1.29 is 9.90 Å². The van der Waals surface area contributed by atoms with E-state index in [4.69, 9.17) is 0 Å². The number of amides is 2. The number of carbonyl (C=O) groups excluding carboxylic acids is 1. The summed E-state index contributed by atoms with van der Waals surface area (Å²) >= 11 is 0. The predicted molar refractivity (Wildman–Crippen MR) is 96.2 cm³/mol. The van der Waals surface area contributed by atoms with Crippen LogP contribution in [0.25, 0.3) is 0 Å². The lowest BCUT2D eigenvalue weighted by Gasteiger charge is -2.39. The van der Waals surface area contributed by atoms with Gasteiger partial charge in [0.2, 0.25) is 0 Å². The van der Waals surface area contributed by atoms with E-state index in [0.717, 1.165) is 49.2 Å².